The van der Waals surface area contributed by atoms with Gasteiger partial charge in [0.25, 0.3) is 5.91 Å². The lowest BCUT2D eigenvalue weighted by Crippen LogP contribution is -2.25. The van der Waals surface area contributed by atoms with Crippen molar-refractivity contribution in [3.05, 3.63) is 59.3 Å². The number of hydrogen-bond donors (Lipinski definition) is 1. The number of nitrogens with zero attached hydrogens (tertiary/aromatic N) is 3. The molecule has 148 valence electrons. The van der Waals surface area contributed by atoms with Crippen LogP contribution in [0.1, 0.15) is 48.2 Å². The number of amides is 2. The topological polar surface area (TPSA) is 65.5 Å². The molecule has 1 aromatic heterocycles. The quantitative estimate of drug-likeness (QED) is 0.765. The van der Waals surface area contributed by atoms with Crippen LogP contribution in [0.4, 0.5) is 5.82 Å². The fraction of sp³-hybridized carbons (Fsp3) is 0.409. The van der Waals surface area contributed by atoms with Crippen molar-refractivity contribution < 1.29 is 9.59 Å². The number of rotatable bonds is 8. The molecule has 1 aliphatic rings. The van der Waals surface area contributed by atoms with Crippen molar-refractivity contribution in [2.24, 2.45) is 0 Å². The fourth-order valence-corrected chi connectivity index (χ4v) is 3.39. The van der Waals surface area contributed by atoms with Gasteiger partial charge in [-0.05, 0) is 49.6 Å². The summed E-state index contributed by atoms with van der Waals surface area (Å²) in [4.78, 5) is 32.6. The minimum Gasteiger partial charge on any atom is -0.357 e. The summed E-state index contributed by atoms with van der Waals surface area (Å²) in [5.74, 6) is 1.05. The number of anilines is 1. The van der Waals surface area contributed by atoms with Gasteiger partial charge in [-0.3, -0.25) is 9.59 Å². The number of benzene rings is 1. The Balaban J connectivity index is 1.52. The Morgan fingerprint density at radius 2 is 1.82 bits per heavy atom. The second-order valence-corrected chi connectivity index (χ2v) is 7.00. The molecule has 6 nitrogen and oxygen atoms in total. The zero-order chi connectivity index (χ0) is 19.9. The molecule has 0 atom stereocenters. The van der Waals surface area contributed by atoms with Gasteiger partial charge in [-0.25, -0.2) is 4.98 Å². The summed E-state index contributed by atoms with van der Waals surface area (Å²) in [7, 11) is 0. The van der Waals surface area contributed by atoms with Crippen LogP contribution in [0.5, 0.6) is 0 Å². The Morgan fingerprint density at radius 1 is 1.11 bits per heavy atom. The summed E-state index contributed by atoms with van der Waals surface area (Å²) in [6.07, 6.45) is 3.39. The molecule has 0 radical (unpaired) electrons. The lowest BCUT2D eigenvalue weighted by molar-refractivity contribution is -0.128. The highest BCUT2D eigenvalue weighted by Gasteiger charge is 2.20. The molecule has 1 fully saturated rings. The smallest absolute Gasteiger partial charge is 0.251 e. The van der Waals surface area contributed by atoms with Gasteiger partial charge in [-0.1, -0.05) is 18.2 Å². The van der Waals surface area contributed by atoms with Crippen molar-refractivity contribution in [2.45, 2.75) is 39.8 Å². The molecule has 0 unspecified atom stereocenters. The van der Waals surface area contributed by atoms with Gasteiger partial charge < -0.3 is 15.1 Å². The molecule has 3 rings (SSSR count). The van der Waals surface area contributed by atoms with Crippen molar-refractivity contribution in [1.29, 1.82) is 0 Å². The van der Waals surface area contributed by atoms with Crippen molar-refractivity contribution in [2.75, 3.05) is 24.5 Å². The summed E-state index contributed by atoms with van der Waals surface area (Å²) in [5.41, 5.74) is 2.63. The molecular formula is C22H28N4O2. The first-order chi connectivity index (χ1) is 13.6. The highest BCUT2D eigenvalue weighted by Crippen LogP contribution is 2.15. The molecule has 1 saturated heterocycles. The van der Waals surface area contributed by atoms with E-state index in [9.17, 15) is 9.59 Å². The third kappa shape index (κ3) is 4.88. The molecule has 0 bridgehead atoms. The van der Waals surface area contributed by atoms with Gasteiger partial charge in [0.15, 0.2) is 0 Å². The average Bonchev–Trinajstić information content (AvgIpc) is 3.13. The number of likely N-dealkylation sites (tertiary alicyclic amines) is 1. The van der Waals surface area contributed by atoms with Gasteiger partial charge in [0.2, 0.25) is 5.91 Å². The first-order valence-electron chi connectivity index (χ1n) is 9.95. The predicted octanol–water partition coefficient (Wildman–Crippen LogP) is 2.98. The van der Waals surface area contributed by atoms with Crippen LogP contribution in [-0.4, -0.2) is 41.3 Å². The second-order valence-electron chi connectivity index (χ2n) is 7.00. The van der Waals surface area contributed by atoms with E-state index >= 15 is 0 Å². The van der Waals surface area contributed by atoms with E-state index in [0.29, 0.717) is 25.1 Å². The van der Waals surface area contributed by atoms with Crippen molar-refractivity contribution in [1.82, 2.24) is 15.2 Å². The Hall–Kier alpha value is -2.89. The van der Waals surface area contributed by atoms with E-state index in [0.717, 1.165) is 43.0 Å². The number of nitrogens with one attached hydrogen (secondary N) is 1. The Kier molecular flexibility index (Phi) is 6.63. The van der Waals surface area contributed by atoms with E-state index in [1.807, 2.05) is 47.5 Å². The lowest BCUT2D eigenvalue weighted by atomic mass is 10.1. The number of hydrogen-bond acceptors (Lipinski definition) is 4. The van der Waals surface area contributed by atoms with Gasteiger partial charge in [0, 0.05) is 50.9 Å². The first-order valence-corrected chi connectivity index (χ1v) is 9.95. The monoisotopic (exact) mass is 380 g/mol. The van der Waals surface area contributed by atoms with Crippen LogP contribution in [0, 0.1) is 0 Å². The molecule has 1 aromatic carbocycles. The normalized spacial score (nSPS) is 13.6. The summed E-state index contributed by atoms with van der Waals surface area (Å²) in [6.45, 7) is 7.92. The zero-order valence-corrected chi connectivity index (χ0v) is 16.6. The molecular weight excluding hydrogens is 352 g/mol. The average molecular weight is 380 g/mol. The van der Waals surface area contributed by atoms with E-state index in [-0.39, 0.29) is 11.8 Å². The van der Waals surface area contributed by atoms with E-state index in [4.69, 9.17) is 0 Å². The van der Waals surface area contributed by atoms with Crippen LogP contribution in [-0.2, 0) is 17.9 Å². The van der Waals surface area contributed by atoms with E-state index in [1.165, 1.54) is 0 Å². The minimum absolute atomic E-state index is 0.114. The third-order valence-electron chi connectivity index (χ3n) is 5.11. The molecule has 2 amide bonds. The maximum absolute atomic E-state index is 12.4. The summed E-state index contributed by atoms with van der Waals surface area (Å²) in [5, 5.41) is 2.93. The van der Waals surface area contributed by atoms with Gasteiger partial charge in [-0.2, -0.15) is 0 Å². The number of aromatic nitrogens is 1. The molecule has 28 heavy (non-hydrogen) atoms. The van der Waals surface area contributed by atoms with Gasteiger partial charge in [0.1, 0.15) is 5.82 Å². The largest absolute Gasteiger partial charge is 0.357 e. The highest BCUT2D eigenvalue weighted by atomic mass is 16.2. The van der Waals surface area contributed by atoms with Crippen molar-refractivity contribution in [3.8, 4) is 0 Å². The maximum Gasteiger partial charge on any atom is 0.251 e. The van der Waals surface area contributed by atoms with Gasteiger partial charge in [-0.15, -0.1) is 0 Å². The third-order valence-corrected chi connectivity index (χ3v) is 5.11. The molecule has 1 aliphatic heterocycles. The number of pyridine rings is 1. The Bertz CT molecular complexity index is 798. The van der Waals surface area contributed by atoms with Crippen molar-refractivity contribution in [3.63, 3.8) is 0 Å². The van der Waals surface area contributed by atoms with Crippen LogP contribution in [0.2, 0.25) is 0 Å². The summed E-state index contributed by atoms with van der Waals surface area (Å²) in [6, 6.07) is 11.4. The number of carbonyl (C=O) groups is 2. The Morgan fingerprint density at radius 3 is 2.39 bits per heavy atom. The van der Waals surface area contributed by atoms with Crippen molar-refractivity contribution >= 4 is 17.6 Å². The second kappa shape index (κ2) is 9.35. The van der Waals surface area contributed by atoms with Crippen LogP contribution in [0.3, 0.4) is 0 Å². The Labute approximate surface area is 166 Å². The molecule has 2 aromatic rings. The maximum atomic E-state index is 12.4. The number of carbonyl (C=O) groups excluding carboxylic acids is 2. The fourth-order valence-electron chi connectivity index (χ4n) is 3.39. The summed E-state index contributed by atoms with van der Waals surface area (Å²) >= 11 is 0. The minimum atomic E-state index is -0.114. The standard InChI is InChI=1S/C22H28N4O2/c1-3-25(4-2)20-12-9-18(14-23-20)15-24-22(28)19-10-7-17(8-11-19)16-26-13-5-6-21(26)27/h7-12,14H,3-6,13,15-16H2,1-2H3,(H,24,28). The van der Waals surface area contributed by atoms with Crippen LogP contribution < -0.4 is 10.2 Å². The van der Waals surface area contributed by atoms with Gasteiger partial charge >= 0.3 is 0 Å². The molecule has 0 saturated carbocycles. The van der Waals surface area contributed by atoms with Crippen LogP contribution in [0.25, 0.3) is 0 Å². The van der Waals surface area contributed by atoms with E-state index in [2.05, 4.69) is 29.0 Å². The molecule has 0 aliphatic carbocycles. The lowest BCUT2D eigenvalue weighted by Gasteiger charge is -2.19. The SMILES string of the molecule is CCN(CC)c1ccc(CNC(=O)c2ccc(CN3CCCC3=O)cc2)cn1. The van der Waals surface area contributed by atoms with E-state index < -0.39 is 0 Å². The molecule has 2 heterocycles. The molecule has 6 heteroatoms. The molecule has 1 N–H and O–H groups in total. The molecule has 0 spiro atoms. The van der Waals surface area contributed by atoms with Crippen LogP contribution >= 0.6 is 0 Å². The van der Waals surface area contributed by atoms with E-state index in [1.54, 1.807) is 0 Å². The predicted molar refractivity (Wildman–Crippen MR) is 110 cm³/mol. The van der Waals surface area contributed by atoms with Gasteiger partial charge in [0.05, 0.1) is 0 Å². The highest BCUT2D eigenvalue weighted by molar-refractivity contribution is 5.94. The first kappa shape index (κ1) is 19.9. The zero-order valence-electron chi connectivity index (χ0n) is 16.6. The van der Waals surface area contributed by atoms with Crippen LogP contribution in [0.15, 0.2) is 42.6 Å². The summed E-state index contributed by atoms with van der Waals surface area (Å²) < 4.78 is 0.